The molecule has 0 saturated carbocycles. The third kappa shape index (κ3) is 3.44. The van der Waals surface area contributed by atoms with Crippen molar-refractivity contribution in [3.63, 3.8) is 0 Å². The number of hydrogen-bond donors (Lipinski definition) is 2. The minimum atomic E-state index is -0.411. The first-order valence-electron chi connectivity index (χ1n) is 5.24. The summed E-state index contributed by atoms with van der Waals surface area (Å²) in [5.41, 5.74) is 6.88. The quantitative estimate of drug-likeness (QED) is 0.724. The fourth-order valence-corrected chi connectivity index (χ4v) is 1.53. The Kier molecular flexibility index (Phi) is 4.93. The average Bonchev–Trinajstić information content (AvgIpc) is 2.37. The van der Waals surface area contributed by atoms with Gasteiger partial charge in [0.2, 0.25) is 0 Å². The average molecular weight is 239 g/mol. The van der Waals surface area contributed by atoms with Gasteiger partial charge >= 0.3 is 5.97 Å². The molecule has 0 aliphatic heterocycles. The summed E-state index contributed by atoms with van der Waals surface area (Å²) in [6.45, 7) is -0.119. The van der Waals surface area contributed by atoms with E-state index in [1.807, 2.05) is 0 Å². The molecule has 17 heavy (non-hydrogen) atoms. The van der Waals surface area contributed by atoms with Crippen LogP contribution in [0.15, 0.2) is 18.2 Å². The summed E-state index contributed by atoms with van der Waals surface area (Å²) in [7, 11) is 2.87. The highest BCUT2D eigenvalue weighted by Gasteiger charge is 2.12. The number of methoxy groups -OCH3 is 2. The lowest BCUT2D eigenvalue weighted by molar-refractivity contribution is 0.0600. The lowest BCUT2D eigenvalue weighted by atomic mass is 10.0. The first kappa shape index (κ1) is 13.5. The maximum Gasteiger partial charge on any atom is 0.337 e. The Morgan fingerprint density at radius 1 is 1.47 bits per heavy atom. The van der Waals surface area contributed by atoms with Crippen LogP contribution in [0.1, 0.15) is 15.9 Å². The zero-order chi connectivity index (χ0) is 12.8. The fraction of sp³-hybridized carbons (Fsp3) is 0.417. The summed E-state index contributed by atoms with van der Waals surface area (Å²) in [5, 5.41) is 8.93. The third-order valence-electron chi connectivity index (χ3n) is 2.42. The van der Waals surface area contributed by atoms with Crippen LogP contribution in [0.25, 0.3) is 0 Å². The monoisotopic (exact) mass is 239 g/mol. The Balaban J connectivity index is 3.02. The van der Waals surface area contributed by atoms with Crippen molar-refractivity contribution in [1.82, 2.24) is 0 Å². The lowest BCUT2D eigenvalue weighted by Crippen LogP contribution is -2.27. The van der Waals surface area contributed by atoms with Crippen LogP contribution in [0.3, 0.4) is 0 Å². The Morgan fingerprint density at radius 3 is 2.71 bits per heavy atom. The Bertz CT molecular complexity index is 392. The van der Waals surface area contributed by atoms with Crippen molar-refractivity contribution in [3.8, 4) is 5.75 Å². The van der Waals surface area contributed by atoms with Crippen LogP contribution in [-0.4, -0.2) is 37.9 Å². The summed E-state index contributed by atoms with van der Waals surface area (Å²) in [6, 6.07) is 4.60. The summed E-state index contributed by atoms with van der Waals surface area (Å²) in [5.74, 6) is 0.230. The molecule has 0 saturated heterocycles. The van der Waals surface area contributed by atoms with E-state index in [-0.39, 0.29) is 12.6 Å². The van der Waals surface area contributed by atoms with Gasteiger partial charge in [-0.2, -0.15) is 0 Å². The van der Waals surface area contributed by atoms with Crippen molar-refractivity contribution in [1.29, 1.82) is 0 Å². The maximum atomic E-state index is 11.4. The van der Waals surface area contributed by atoms with Gasteiger partial charge in [-0.1, -0.05) is 0 Å². The first-order chi connectivity index (χ1) is 8.12. The maximum absolute atomic E-state index is 11.4. The topological polar surface area (TPSA) is 81.8 Å². The first-order valence-corrected chi connectivity index (χ1v) is 5.24. The zero-order valence-corrected chi connectivity index (χ0v) is 9.97. The molecule has 0 aliphatic rings. The van der Waals surface area contributed by atoms with Gasteiger partial charge in [0.25, 0.3) is 0 Å². The van der Waals surface area contributed by atoms with Crippen molar-refractivity contribution in [2.45, 2.75) is 12.5 Å². The van der Waals surface area contributed by atoms with E-state index in [0.29, 0.717) is 17.7 Å². The molecule has 1 unspecified atom stereocenters. The Morgan fingerprint density at radius 2 is 2.18 bits per heavy atom. The minimum absolute atomic E-state index is 0.119. The standard InChI is InChI=1S/C12H17NO4/c1-16-11-4-3-8(12(15)17-2)5-9(11)6-10(13)7-14/h3-5,10,14H,6-7,13H2,1-2H3. The molecule has 0 heterocycles. The molecule has 5 heteroatoms. The van der Waals surface area contributed by atoms with E-state index in [4.69, 9.17) is 15.6 Å². The van der Waals surface area contributed by atoms with Crippen LogP contribution in [0.5, 0.6) is 5.75 Å². The number of esters is 1. The SMILES string of the molecule is COC(=O)c1ccc(OC)c(CC(N)CO)c1. The van der Waals surface area contributed by atoms with Gasteiger partial charge < -0.3 is 20.3 Å². The minimum Gasteiger partial charge on any atom is -0.496 e. The molecule has 0 radical (unpaired) electrons. The van der Waals surface area contributed by atoms with E-state index in [1.54, 1.807) is 25.3 Å². The second-order valence-electron chi connectivity index (χ2n) is 3.66. The van der Waals surface area contributed by atoms with Gasteiger partial charge in [0.05, 0.1) is 26.4 Å². The lowest BCUT2D eigenvalue weighted by Gasteiger charge is -2.13. The normalized spacial score (nSPS) is 12.0. The van der Waals surface area contributed by atoms with Gasteiger partial charge in [-0.15, -0.1) is 0 Å². The molecule has 0 amide bonds. The fourth-order valence-electron chi connectivity index (χ4n) is 1.53. The molecule has 0 aliphatic carbocycles. The van der Waals surface area contributed by atoms with Crippen LogP contribution in [0, 0.1) is 0 Å². The third-order valence-corrected chi connectivity index (χ3v) is 2.42. The smallest absolute Gasteiger partial charge is 0.337 e. The van der Waals surface area contributed by atoms with Crippen molar-refractivity contribution in [3.05, 3.63) is 29.3 Å². The van der Waals surface area contributed by atoms with Gasteiger partial charge in [-0.05, 0) is 30.2 Å². The number of carbonyl (C=O) groups is 1. The molecule has 1 aromatic carbocycles. The van der Waals surface area contributed by atoms with Crippen LogP contribution in [-0.2, 0) is 11.2 Å². The molecular formula is C12H17NO4. The molecular weight excluding hydrogens is 222 g/mol. The molecule has 0 aromatic heterocycles. The second kappa shape index (κ2) is 6.22. The number of benzene rings is 1. The van der Waals surface area contributed by atoms with E-state index in [0.717, 1.165) is 5.56 Å². The summed E-state index contributed by atoms with van der Waals surface area (Å²) < 4.78 is 9.81. The van der Waals surface area contributed by atoms with Crippen molar-refractivity contribution < 1.29 is 19.4 Å². The van der Waals surface area contributed by atoms with Crippen LogP contribution >= 0.6 is 0 Å². The van der Waals surface area contributed by atoms with Crippen molar-refractivity contribution >= 4 is 5.97 Å². The van der Waals surface area contributed by atoms with Gasteiger partial charge in [-0.3, -0.25) is 0 Å². The summed E-state index contributed by atoms with van der Waals surface area (Å²) in [4.78, 5) is 11.4. The number of nitrogens with two attached hydrogens (primary N) is 1. The largest absolute Gasteiger partial charge is 0.496 e. The second-order valence-corrected chi connectivity index (χ2v) is 3.66. The van der Waals surface area contributed by atoms with E-state index in [2.05, 4.69) is 4.74 Å². The predicted molar refractivity (Wildman–Crippen MR) is 63.1 cm³/mol. The summed E-state index contributed by atoms with van der Waals surface area (Å²) >= 11 is 0. The number of rotatable bonds is 5. The van der Waals surface area contributed by atoms with Crippen LogP contribution < -0.4 is 10.5 Å². The zero-order valence-electron chi connectivity index (χ0n) is 9.97. The highest BCUT2D eigenvalue weighted by molar-refractivity contribution is 5.89. The van der Waals surface area contributed by atoms with Crippen molar-refractivity contribution in [2.75, 3.05) is 20.8 Å². The Hall–Kier alpha value is -1.59. The number of aliphatic hydroxyl groups excluding tert-OH is 1. The molecule has 5 nitrogen and oxygen atoms in total. The summed E-state index contributed by atoms with van der Waals surface area (Å²) in [6.07, 6.45) is 0.435. The number of ether oxygens (including phenoxy) is 2. The van der Waals surface area contributed by atoms with Crippen molar-refractivity contribution in [2.24, 2.45) is 5.73 Å². The predicted octanol–water partition coefficient (Wildman–Crippen LogP) is 0.344. The molecule has 3 N–H and O–H groups in total. The van der Waals surface area contributed by atoms with E-state index >= 15 is 0 Å². The number of aliphatic hydroxyl groups is 1. The highest BCUT2D eigenvalue weighted by atomic mass is 16.5. The number of hydrogen-bond acceptors (Lipinski definition) is 5. The molecule has 1 atom stereocenters. The molecule has 1 aromatic rings. The molecule has 0 spiro atoms. The van der Waals surface area contributed by atoms with Gasteiger partial charge in [-0.25, -0.2) is 4.79 Å². The Labute approximate surface area is 100 Å². The molecule has 0 fully saturated rings. The van der Waals surface area contributed by atoms with E-state index in [9.17, 15) is 4.79 Å². The molecule has 0 bridgehead atoms. The van der Waals surface area contributed by atoms with E-state index in [1.165, 1.54) is 7.11 Å². The molecule has 94 valence electrons. The van der Waals surface area contributed by atoms with Gasteiger partial charge in [0.1, 0.15) is 5.75 Å². The number of carbonyl (C=O) groups excluding carboxylic acids is 1. The molecule has 1 rings (SSSR count). The van der Waals surface area contributed by atoms with Crippen LogP contribution in [0.4, 0.5) is 0 Å². The van der Waals surface area contributed by atoms with E-state index < -0.39 is 5.97 Å². The van der Waals surface area contributed by atoms with Gasteiger partial charge in [0, 0.05) is 6.04 Å². The highest BCUT2D eigenvalue weighted by Crippen LogP contribution is 2.21. The van der Waals surface area contributed by atoms with Gasteiger partial charge in [0.15, 0.2) is 0 Å². The van der Waals surface area contributed by atoms with Crippen LogP contribution in [0.2, 0.25) is 0 Å².